The van der Waals surface area contributed by atoms with Crippen molar-refractivity contribution >= 4 is 19.8 Å². The first-order valence-electron chi connectivity index (χ1n) is 41.9. The first-order chi connectivity index (χ1) is 49.0. The zero-order valence-corrected chi connectivity index (χ0v) is 66.8. The third kappa shape index (κ3) is 83.1. The molecule has 10 heteroatoms. The lowest BCUT2D eigenvalue weighted by molar-refractivity contribution is -0.870. The second kappa shape index (κ2) is 79.3. The van der Waals surface area contributed by atoms with E-state index >= 15 is 0 Å². The molecule has 576 valence electrons. The molecule has 0 amide bonds. The van der Waals surface area contributed by atoms with E-state index < -0.39 is 26.5 Å². The van der Waals surface area contributed by atoms with Crippen LogP contribution in [-0.2, 0) is 32.7 Å². The monoisotopic (exact) mass is 1410 g/mol. The van der Waals surface area contributed by atoms with E-state index in [1.165, 1.54) is 231 Å². The maximum Gasteiger partial charge on any atom is 0.472 e. The molecule has 0 aliphatic carbocycles. The summed E-state index contributed by atoms with van der Waals surface area (Å²) in [7, 11) is 1.48. The van der Waals surface area contributed by atoms with Crippen LogP contribution in [0.25, 0.3) is 0 Å². The molecule has 0 aliphatic heterocycles. The number of carbonyl (C=O) groups excluding carboxylic acids is 2. The average molecular weight is 1410 g/mol. The molecule has 0 saturated heterocycles. The fourth-order valence-electron chi connectivity index (χ4n) is 11.8. The van der Waals surface area contributed by atoms with E-state index in [1.54, 1.807) is 0 Å². The Labute approximate surface area is 619 Å². The number of carbonyl (C=O) groups is 2. The van der Waals surface area contributed by atoms with Gasteiger partial charge in [-0.3, -0.25) is 18.6 Å². The lowest BCUT2D eigenvalue weighted by atomic mass is 10.0. The highest BCUT2D eigenvalue weighted by atomic mass is 31.2. The molecule has 0 aliphatic rings. The second-order valence-electron chi connectivity index (χ2n) is 29.1. The van der Waals surface area contributed by atoms with Crippen molar-refractivity contribution in [3.8, 4) is 0 Å². The molecule has 0 rings (SSSR count). The quantitative estimate of drug-likeness (QED) is 0.0211. The molecule has 0 spiro atoms. The minimum atomic E-state index is -4.40. The van der Waals surface area contributed by atoms with Crippen LogP contribution in [0.2, 0.25) is 0 Å². The third-order valence-electron chi connectivity index (χ3n) is 18.2. The zero-order valence-electron chi connectivity index (χ0n) is 65.9. The Hall–Kier alpha value is -3.85. The Bertz CT molecular complexity index is 2160. The van der Waals surface area contributed by atoms with Crippen molar-refractivity contribution in [1.29, 1.82) is 0 Å². The highest BCUT2D eigenvalue weighted by molar-refractivity contribution is 7.47. The minimum absolute atomic E-state index is 0.0278. The zero-order chi connectivity index (χ0) is 72.5. The van der Waals surface area contributed by atoms with Gasteiger partial charge in [-0.1, -0.05) is 379 Å². The van der Waals surface area contributed by atoms with E-state index in [-0.39, 0.29) is 32.0 Å². The minimum Gasteiger partial charge on any atom is -0.462 e. The topological polar surface area (TPSA) is 108 Å². The summed E-state index contributed by atoms with van der Waals surface area (Å²) < 4.78 is 34.8. The average Bonchev–Trinajstić information content (AvgIpc) is 1.07. The van der Waals surface area contributed by atoms with E-state index in [9.17, 15) is 19.0 Å². The van der Waals surface area contributed by atoms with Crippen molar-refractivity contribution < 1.29 is 42.1 Å². The van der Waals surface area contributed by atoms with Gasteiger partial charge < -0.3 is 18.9 Å². The molecule has 0 radical (unpaired) electrons. The fraction of sp³-hybridized carbons (Fsp3) is 0.733. The van der Waals surface area contributed by atoms with Crippen molar-refractivity contribution in [2.45, 2.75) is 380 Å². The Balaban J connectivity index is 3.97. The maximum atomic E-state index is 12.9. The third-order valence-corrected chi connectivity index (χ3v) is 19.1. The van der Waals surface area contributed by atoms with Gasteiger partial charge in [0.05, 0.1) is 27.7 Å². The number of likely N-dealkylation sites (N-methyl/N-ethyl adjacent to an activating group) is 1. The van der Waals surface area contributed by atoms with Crippen LogP contribution in [0.4, 0.5) is 0 Å². The Morgan fingerprint density at radius 2 is 0.570 bits per heavy atom. The fourth-order valence-corrected chi connectivity index (χ4v) is 12.6. The van der Waals surface area contributed by atoms with Crippen molar-refractivity contribution in [2.75, 3.05) is 47.5 Å². The van der Waals surface area contributed by atoms with E-state index in [2.05, 4.69) is 148 Å². The predicted octanol–water partition coefficient (Wildman–Crippen LogP) is 28.3. The number of ether oxygens (including phenoxy) is 2. The second-order valence-corrected chi connectivity index (χ2v) is 30.6. The molecule has 2 unspecified atom stereocenters. The van der Waals surface area contributed by atoms with Gasteiger partial charge in [0.25, 0.3) is 0 Å². The van der Waals surface area contributed by atoms with Gasteiger partial charge in [-0.05, 0) is 116 Å². The van der Waals surface area contributed by atoms with Crippen LogP contribution < -0.4 is 0 Å². The molecule has 0 fully saturated rings. The first kappa shape index (κ1) is 96.2. The van der Waals surface area contributed by atoms with Gasteiger partial charge in [-0.2, -0.15) is 0 Å². The SMILES string of the molecule is CC/C=C\C/C=C\C/C=C\C/C=C\C/C=C\C/C=C\C/C=C\C/C=C\C/C=C\CCCCCCCCCCCCCC(=O)OC(COC(=O)CCCCCCCCCCCCCCCCCCCCCCCCCCC/C=C\C/C=C\CCCCCCC)COP(=O)(O)OCC[N+](C)(C)C. The highest BCUT2D eigenvalue weighted by Gasteiger charge is 2.27. The van der Waals surface area contributed by atoms with Crippen LogP contribution in [0.15, 0.2) is 134 Å². The summed E-state index contributed by atoms with van der Waals surface area (Å²) in [4.78, 5) is 36.0. The van der Waals surface area contributed by atoms with Crippen molar-refractivity contribution in [3.05, 3.63) is 134 Å². The Kier molecular flexibility index (Phi) is 76.2. The number of rotatable bonds is 77. The van der Waals surface area contributed by atoms with Gasteiger partial charge >= 0.3 is 19.8 Å². The summed E-state index contributed by atoms with van der Waals surface area (Å²) in [6, 6.07) is 0. The number of esters is 2. The summed E-state index contributed by atoms with van der Waals surface area (Å²) in [5.74, 6) is -0.791. The van der Waals surface area contributed by atoms with Crippen LogP contribution in [-0.4, -0.2) is 74.9 Å². The van der Waals surface area contributed by atoms with Gasteiger partial charge in [0.1, 0.15) is 19.8 Å². The van der Waals surface area contributed by atoms with Crippen LogP contribution in [0.1, 0.15) is 373 Å². The van der Waals surface area contributed by atoms with E-state index in [0.29, 0.717) is 17.4 Å². The molecule has 2 atom stereocenters. The number of allylic oxidation sites excluding steroid dienone is 22. The van der Waals surface area contributed by atoms with Crippen molar-refractivity contribution in [3.63, 3.8) is 0 Å². The lowest BCUT2D eigenvalue weighted by Gasteiger charge is -2.24. The standard InChI is InChI=1S/C90H158NO8P/c1-6-8-10-12-14-16-18-20-22-24-26-28-30-32-34-36-38-40-42-44-45-47-49-51-53-55-57-59-61-63-65-67-69-71-73-75-77-79-81-83-90(93)99-88(87-98-100(94,95)97-85-84-91(3,4)5)86-96-89(92)82-80-78-76-74-72-70-68-66-64-62-60-58-56-54-52-50-48-46-43-41-39-37-35-33-31-29-27-25-23-21-19-17-15-13-11-9-7-2/h8,10,14,16,19-22,25-28,32,34,38,40,44-45,49,51,55,57,88H,6-7,9,11-13,15,17-18,23-24,29-31,33,35-37,39,41-43,46-48,50,52-54,56,58-87H2,1-5H3/p+1/b10-8-,16-14-,21-19-,22-20-,27-25-,28-26-,34-32-,40-38-,45-44-,51-49-,57-55-. The van der Waals surface area contributed by atoms with Crippen LogP contribution in [0, 0.1) is 0 Å². The van der Waals surface area contributed by atoms with Crippen molar-refractivity contribution in [1.82, 2.24) is 0 Å². The summed E-state index contributed by atoms with van der Waals surface area (Å²) >= 11 is 0. The van der Waals surface area contributed by atoms with Gasteiger partial charge in [-0.25, -0.2) is 4.57 Å². The maximum absolute atomic E-state index is 12.9. The number of unbranched alkanes of at least 4 members (excludes halogenated alkanes) is 41. The summed E-state index contributed by atoms with van der Waals surface area (Å²) in [5, 5.41) is 0. The van der Waals surface area contributed by atoms with Crippen LogP contribution in [0.3, 0.4) is 0 Å². The number of quaternary nitrogens is 1. The van der Waals surface area contributed by atoms with Crippen LogP contribution >= 0.6 is 7.82 Å². The Morgan fingerprint density at radius 1 is 0.320 bits per heavy atom. The van der Waals surface area contributed by atoms with Gasteiger partial charge in [0, 0.05) is 12.8 Å². The molecule has 1 N–H and O–H groups in total. The summed E-state index contributed by atoms with van der Waals surface area (Å²) in [5.41, 5.74) is 0. The van der Waals surface area contributed by atoms with Crippen molar-refractivity contribution in [2.24, 2.45) is 0 Å². The molecule has 9 nitrogen and oxygen atoms in total. The van der Waals surface area contributed by atoms with E-state index in [1.807, 2.05) is 21.1 Å². The molecule has 0 aromatic carbocycles. The summed E-state index contributed by atoms with van der Waals surface area (Å²) in [6.45, 7) is 4.34. The van der Waals surface area contributed by atoms with Crippen LogP contribution in [0.5, 0.6) is 0 Å². The van der Waals surface area contributed by atoms with E-state index in [0.717, 1.165) is 109 Å². The number of phosphoric acid groups is 1. The predicted molar refractivity (Wildman–Crippen MR) is 436 cm³/mol. The molecule has 0 saturated carbocycles. The smallest absolute Gasteiger partial charge is 0.462 e. The molecule has 0 bridgehead atoms. The first-order valence-corrected chi connectivity index (χ1v) is 43.4. The molecule has 100 heavy (non-hydrogen) atoms. The largest absolute Gasteiger partial charge is 0.472 e. The molecule has 0 heterocycles. The Morgan fingerprint density at radius 3 is 0.850 bits per heavy atom. The number of phosphoric ester groups is 1. The van der Waals surface area contributed by atoms with E-state index in [4.69, 9.17) is 18.5 Å². The molecule has 0 aromatic rings. The van der Waals surface area contributed by atoms with Gasteiger partial charge in [0.15, 0.2) is 6.10 Å². The molecular weight excluding hydrogens is 1250 g/mol. The highest BCUT2D eigenvalue weighted by Crippen LogP contribution is 2.43. The summed E-state index contributed by atoms with van der Waals surface area (Å²) in [6.07, 6.45) is 116. The van der Waals surface area contributed by atoms with Gasteiger partial charge in [0.2, 0.25) is 0 Å². The molecular formula is C90H159NO8P+. The molecule has 0 aromatic heterocycles. The normalized spacial score (nSPS) is 13.7. The number of hydrogen-bond acceptors (Lipinski definition) is 7. The number of nitrogens with zero attached hydrogens (tertiary/aromatic N) is 1. The number of hydrogen-bond donors (Lipinski definition) is 1. The lowest BCUT2D eigenvalue weighted by Crippen LogP contribution is -2.37. The van der Waals surface area contributed by atoms with Gasteiger partial charge in [-0.15, -0.1) is 0 Å².